The summed E-state index contributed by atoms with van der Waals surface area (Å²) in [7, 11) is -3.44. The van der Waals surface area contributed by atoms with E-state index in [1.807, 2.05) is 0 Å². The number of sulfone groups is 1. The van der Waals surface area contributed by atoms with Crippen LogP contribution in [0.1, 0.15) is 5.56 Å². The highest BCUT2D eigenvalue weighted by molar-refractivity contribution is 7.90. The van der Waals surface area contributed by atoms with Crippen molar-refractivity contribution < 1.29 is 22.7 Å². The van der Waals surface area contributed by atoms with Crippen LogP contribution in [0, 0.1) is 0 Å². The van der Waals surface area contributed by atoms with Gasteiger partial charge in [0.15, 0.2) is 9.84 Å². The van der Waals surface area contributed by atoms with Gasteiger partial charge >= 0.3 is 0 Å². The summed E-state index contributed by atoms with van der Waals surface area (Å²) < 4.78 is 35.8. The minimum absolute atomic E-state index is 0.125. The molecule has 0 fully saturated rings. The predicted molar refractivity (Wildman–Crippen MR) is 94.1 cm³/mol. The highest BCUT2D eigenvalue weighted by Gasteiger charge is 2.17. The number of rotatable bonds is 7. The van der Waals surface area contributed by atoms with E-state index in [0.717, 1.165) is 11.1 Å². The van der Waals surface area contributed by atoms with Crippen molar-refractivity contribution >= 4 is 9.84 Å². The van der Waals surface area contributed by atoms with E-state index in [2.05, 4.69) is 0 Å². The van der Waals surface area contributed by atoms with Crippen LogP contribution in [0.3, 0.4) is 0 Å². The minimum atomic E-state index is -3.44. The predicted octanol–water partition coefficient (Wildman–Crippen LogP) is 3.29. The molecule has 0 aliphatic rings. The van der Waals surface area contributed by atoms with Crippen LogP contribution in [0.4, 0.5) is 0 Å². The quantitative estimate of drug-likeness (QED) is 0.701. The number of hydrogen-bond donors (Lipinski definition) is 1. The molecule has 1 heterocycles. The van der Waals surface area contributed by atoms with Gasteiger partial charge in [0.25, 0.3) is 0 Å². The molecule has 1 aromatic heterocycles. The lowest BCUT2D eigenvalue weighted by molar-refractivity contribution is 0.202. The summed E-state index contributed by atoms with van der Waals surface area (Å²) in [5.74, 6) is 0.384. The molecule has 0 saturated carbocycles. The topological polar surface area (TPSA) is 76.7 Å². The van der Waals surface area contributed by atoms with Gasteiger partial charge < -0.3 is 14.3 Å². The third-order valence-corrected chi connectivity index (χ3v) is 5.39. The largest absolute Gasteiger partial charge is 0.491 e. The monoisotopic (exact) mass is 358 g/mol. The van der Waals surface area contributed by atoms with E-state index in [-0.39, 0.29) is 23.9 Å². The van der Waals surface area contributed by atoms with Gasteiger partial charge in [0.1, 0.15) is 12.4 Å². The molecule has 0 aliphatic heterocycles. The first-order valence-corrected chi connectivity index (χ1v) is 9.42. The zero-order valence-electron chi connectivity index (χ0n) is 13.5. The molecule has 130 valence electrons. The van der Waals surface area contributed by atoms with E-state index in [0.29, 0.717) is 11.3 Å². The lowest BCUT2D eigenvalue weighted by atomic mass is 10.1. The average molecular weight is 358 g/mol. The van der Waals surface area contributed by atoms with Crippen molar-refractivity contribution in [2.24, 2.45) is 0 Å². The summed E-state index contributed by atoms with van der Waals surface area (Å²) in [5.41, 5.74) is 2.22. The van der Waals surface area contributed by atoms with Gasteiger partial charge in [0.2, 0.25) is 0 Å². The number of benzene rings is 2. The van der Waals surface area contributed by atoms with Crippen molar-refractivity contribution in [2.75, 3.05) is 13.2 Å². The number of aliphatic hydroxyl groups excluding tert-OH is 1. The van der Waals surface area contributed by atoms with Crippen molar-refractivity contribution in [3.8, 4) is 16.9 Å². The van der Waals surface area contributed by atoms with E-state index in [1.165, 1.54) is 0 Å². The Kier molecular flexibility index (Phi) is 5.21. The van der Waals surface area contributed by atoms with Crippen LogP contribution in [-0.4, -0.2) is 26.7 Å². The number of aliphatic hydroxyl groups is 1. The molecule has 0 radical (unpaired) electrons. The highest BCUT2D eigenvalue weighted by Crippen LogP contribution is 2.32. The molecular formula is C19H18O5S. The third-order valence-electron chi connectivity index (χ3n) is 3.69. The molecule has 6 heteroatoms. The zero-order valence-corrected chi connectivity index (χ0v) is 14.3. The first-order chi connectivity index (χ1) is 12.1. The summed E-state index contributed by atoms with van der Waals surface area (Å²) >= 11 is 0. The van der Waals surface area contributed by atoms with Crippen LogP contribution in [0.15, 0.2) is 76.4 Å². The first kappa shape index (κ1) is 17.3. The molecule has 0 unspecified atom stereocenters. The number of furan rings is 1. The molecule has 3 rings (SSSR count). The SMILES string of the molecule is O=S(=O)(Cc1ccc(-c2ccoc2)c(OCCO)c1)c1ccccc1. The van der Waals surface area contributed by atoms with Crippen molar-refractivity contribution in [1.82, 2.24) is 0 Å². The number of ether oxygens (including phenoxy) is 1. The van der Waals surface area contributed by atoms with Gasteiger partial charge in [0.05, 0.1) is 29.8 Å². The smallest absolute Gasteiger partial charge is 0.182 e. The summed E-state index contributed by atoms with van der Waals surface area (Å²) in [4.78, 5) is 0.284. The molecule has 1 N–H and O–H groups in total. The summed E-state index contributed by atoms with van der Waals surface area (Å²) in [6, 6.07) is 15.4. The van der Waals surface area contributed by atoms with Gasteiger partial charge in [-0.25, -0.2) is 8.42 Å². The van der Waals surface area contributed by atoms with Gasteiger partial charge in [-0.2, -0.15) is 0 Å². The van der Waals surface area contributed by atoms with Gasteiger partial charge in [-0.3, -0.25) is 0 Å². The third kappa shape index (κ3) is 4.10. The Morgan fingerprint density at radius 1 is 1.04 bits per heavy atom. The second-order valence-electron chi connectivity index (χ2n) is 5.49. The lowest BCUT2D eigenvalue weighted by Crippen LogP contribution is -2.06. The fourth-order valence-corrected chi connectivity index (χ4v) is 3.88. The van der Waals surface area contributed by atoms with Crippen molar-refractivity contribution in [3.05, 3.63) is 72.7 Å². The average Bonchev–Trinajstić information content (AvgIpc) is 3.15. The van der Waals surface area contributed by atoms with Crippen LogP contribution in [0.2, 0.25) is 0 Å². The molecule has 0 saturated heterocycles. The molecular weight excluding hydrogens is 340 g/mol. The Balaban J connectivity index is 1.92. The maximum absolute atomic E-state index is 12.5. The van der Waals surface area contributed by atoms with E-state index < -0.39 is 9.84 Å². The van der Waals surface area contributed by atoms with Gasteiger partial charge in [-0.05, 0) is 29.8 Å². The van der Waals surface area contributed by atoms with Crippen LogP contribution in [-0.2, 0) is 15.6 Å². The van der Waals surface area contributed by atoms with Crippen LogP contribution >= 0.6 is 0 Å². The molecule has 5 nitrogen and oxygen atoms in total. The van der Waals surface area contributed by atoms with Gasteiger partial charge in [-0.1, -0.05) is 30.3 Å². The van der Waals surface area contributed by atoms with Gasteiger partial charge in [-0.15, -0.1) is 0 Å². The summed E-state index contributed by atoms with van der Waals surface area (Å²) in [6.07, 6.45) is 3.14. The highest BCUT2D eigenvalue weighted by atomic mass is 32.2. The van der Waals surface area contributed by atoms with Crippen LogP contribution in [0.25, 0.3) is 11.1 Å². The van der Waals surface area contributed by atoms with E-state index in [4.69, 9.17) is 14.3 Å². The second-order valence-corrected chi connectivity index (χ2v) is 7.48. The molecule has 0 spiro atoms. The van der Waals surface area contributed by atoms with Crippen LogP contribution in [0.5, 0.6) is 5.75 Å². The molecule has 2 aromatic carbocycles. The first-order valence-electron chi connectivity index (χ1n) is 7.77. The van der Waals surface area contributed by atoms with E-state index in [1.54, 1.807) is 67.1 Å². The standard InChI is InChI=1S/C19H18O5S/c20-9-11-24-19-12-15(6-7-18(19)16-8-10-23-13-16)14-25(21,22)17-4-2-1-3-5-17/h1-8,10,12-13,20H,9,11,14H2. The Labute approximate surface area is 146 Å². The van der Waals surface area contributed by atoms with Crippen LogP contribution < -0.4 is 4.74 Å². The summed E-state index contributed by atoms with van der Waals surface area (Å²) in [6.45, 7) is -0.00287. The second kappa shape index (κ2) is 7.55. The molecule has 3 aromatic rings. The van der Waals surface area contributed by atoms with Crippen molar-refractivity contribution in [3.63, 3.8) is 0 Å². The van der Waals surface area contributed by atoms with E-state index in [9.17, 15) is 8.42 Å². The van der Waals surface area contributed by atoms with Crippen molar-refractivity contribution in [2.45, 2.75) is 10.6 Å². The molecule has 25 heavy (non-hydrogen) atoms. The molecule has 0 atom stereocenters. The summed E-state index contributed by atoms with van der Waals surface area (Å²) in [5, 5.41) is 9.01. The maximum atomic E-state index is 12.5. The normalized spacial score (nSPS) is 11.4. The maximum Gasteiger partial charge on any atom is 0.182 e. The minimum Gasteiger partial charge on any atom is -0.491 e. The Morgan fingerprint density at radius 3 is 2.52 bits per heavy atom. The fourth-order valence-electron chi connectivity index (χ4n) is 2.52. The molecule has 0 bridgehead atoms. The van der Waals surface area contributed by atoms with Gasteiger partial charge in [0, 0.05) is 11.1 Å². The molecule has 0 aliphatic carbocycles. The Hall–Kier alpha value is -2.57. The lowest BCUT2D eigenvalue weighted by Gasteiger charge is -2.12. The fraction of sp³-hybridized carbons (Fsp3) is 0.158. The number of hydrogen-bond acceptors (Lipinski definition) is 5. The van der Waals surface area contributed by atoms with Crippen molar-refractivity contribution in [1.29, 1.82) is 0 Å². The Bertz CT molecular complexity index is 916. The molecule has 0 amide bonds. The van der Waals surface area contributed by atoms with E-state index >= 15 is 0 Å². The zero-order chi connectivity index (χ0) is 17.7. The Morgan fingerprint density at radius 2 is 1.84 bits per heavy atom.